The number of anilines is 1. The van der Waals surface area contributed by atoms with Gasteiger partial charge in [-0.1, -0.05) is 6.92 Å². The minimum Gasteiger partial charge on any atom is -0.323 e. The molecule has 2 rings (SSSR count). The molecule has 0 spiro atoms. The summed E-state index contributed by atoms with van der Waals surface area (Å²) in [6.07, 6.45) is 0.585. The number of rotatable bonds is 5. The zero-order valence-corrected chi connectivity index (χ0v) is 12.5. The number of hydrogen-bond donors (Lipinski definition) is 2. The van der Waals surface area contributed by atoms with E-state index >= 15 is 0 Å². The summed E-state index contributed by atoms with van der Waals surface area (Å²) in [5.41, 5.74) is 0.298. The Morgan fingerprint density at radius 1 is 1.50 bits per heavy atom. The van der Waals surface area contributed by atoms with Gasteiger partial charge in [-0.15, -0.1) is 0 Å². The average molecular weight is 318 g/mol. The minimum atomic E-state index is -4.32. The van der Waals surface area contributed by atoms with Gasteiger partial charge in [0.15, 0.2) is 0 Å². The van der Waals surface area contributed by atoms with Crippen molar-refractivity contribution in [2.75, 3.05) is 18.4 Å². The van der Waals surface area contributed by atoms with Crippen LogP contribution in [0.3, 0.4) is 0 Å². The summed E-state index contributed by atoms with van der Waals surface area (Å²) in [5.74, 6) is 0.588. The maximum absolute atomic E-state index is 12.2. The maximum Gasteiger partial charge on any atom is 0.408 e. The highest BCUT2D eigenvalue weighted by Crippen LogP contribution is 2.24. The summed E-state index contributed by atoms with van der Waals surface area (Å²) in [7, 11) is 0. The van der Waals surface area contributed by atoms with Gasteiger partial charge in [-0.3, -0.25) is 9.48 Å². The number of halogens is 3. The topological polar surface area (TPSA) is 59.0 Å². The van der Waals surface area contributed by atoms with Gasteiger partial charge in [0, 0.05) is 12.6 Å². The van der Waals surface area contributed by atoms with E-state index in [1.54, 1.807) is 0 Å². The van der Waals surface area contributed by atoms with Gasteiger partial charge in [0.25, 0.3) is 0 Å². The van der Waals surface area contributed by atoms with Crippen molar-refractivity contribution in [1.29, 1.82) is 0 Å². The van der Waals surface area contributed by atoms with Gasteiger partial charge in [-0.25, -0.2) is 0 Å². The van der Waals surface area contributed by atoms with E-state index in [1.807, 2.05) is 6.92 Å². The molecule has 2 heterocycles. The summed E-state index contributed by atoms with van der Waals surface area (Å²) < 4.78 is 37.5. The van der Waals surface area contributed by atoms with Gasteiger partial charge in [0.1, 0.15) is 6.54 Å². The molecular weight excluding hydrogens is 297 g/mol. The zero-order chi connectivity index (χ0) is 16.2. The monoisotopic (exact) mass is 318 g/mol. The van der Waals surface area contributed by atoms with Gasteiger partial charge < -0.3 is 10.6 Å². The number of piperidine rings is 1. The van der Waals surface area contributed by atoms with Crippen molar-refractivity contribution in [3.63, 3.8) is 0 Å². The lowest BCUT2D eigenvalue weighted by Crippen LogP contribution is -2.32. The van der Waals surface area contributed by atoms with E-state index in [-0.39, 0.29) is 11.8 Å². The van der Waals surface area contributed by atoms with E-state index in [9.17, 15) is 18.0 Å². The number of carbonyl (C=O) groups excluding carboxylic acids is 1. The summed E-state index contributed by atoms with van der Waals surface area (Å²) in [4.78, 5) is 12.0. The molecule has 0 bridgehead atoms. The van der Waals surface area contributed by atoms with Crippen LogP contribution >= 0.6 is 0 Å². The third-order valence-electron chi connectivity index (χ3n) is 3.95. The normalized spacial score (nSPS) is 18.2. The molecule has 1 atom stereocenters. The molecule has 1 aromatic heterocycles. The first kappa shape index (κ1) is 16.8. The zero-order valence-electron chi connectivity index (χ0n) is 12.5. The van der Waals surface area contributed by atoms with Gasteiger partial charge in [0.05, 0.1) is 11.9 Å². The second-order valence-electron chi connectivity index (χ2n) is 5.86. The Balaban J connectivity index is 1.81. The Bertz CT molecular complexity index is 495. The van der Waals surface area contributed by atoms with E-state index < -0.39 is 12.7 Å². The van der Waals surface area contributed by atoms with Crippen LogP contribution in [0.5, 0.6) is 0 Å². The van der Waals surface area contributed by atoms with Crippen LogP contribution in [0, 0.1) is 11.8 Å². The SMILES string of the molecule is CC(CC(=O)Nc1cnn(CC(F)(F)F)c1)C1CCNCC1. The first-order valence-electron chi connectivity index (χ1n) is 7.43. The van der Waals surface area contributed by atoms with Crippen LogP contribution in [0.15, 0.2) is 12.4 Å². The smallest absolute Gasteiger partial charge is 0.323 e. The van der Waals surface area contributed by atoms with E-state index in [0.717, 1.165) is 30.6 Å². The third kappa shape index (κ3) is 5.32. The largest absolute Gasteiger partial charge is 0.408 e. The summed E-state index contributed by atoms with van der Waals surface area (Å²) >= 11 is 0. The van der Waals surface area contributed by atoms with Crippen molar-refractivity contribution in [2.24, 2.45) is 11.8 Å². The number of aromatic nitrogens is 2. The van der Waals surface area contributed by atoms with E-state index in [1.165, 1.54) is 12.4 Å². The molecular formula is C14H21F3N4O. The fourth-order valence-electron chi connectivity index (χ4n) is 2.78. The van der Waals surface area contributed by atoms with Crippen molar-refractivity contribution in [1.82, 2.24) is 15.1 Å². The fourth-order valence-corrected chi connectivity index (χ4v) is 2.78. The van der Waals surface area contributed by atoms with Gasteiger partial charge >= 0.3 is 6.18 Å². The molecule has 124 valence electrons. The lowest BCUT2D eigenvalue weighted by atomic mass is 9.84. The number of hydrogen-bond acceptors (Lipinski definition) is 3. The quantitative estimate of drug-likeness (QED) is 0.876. The van der Waals surface area contributed by atoms with E-state index in [0.29, 0.717) is 18.0 Å². The molecule has 0 aliphatic carbocycles. The van der Waals surface area contributed by atoms with Gasteiger partial charge in [-0.2, -0.15) is 18.3 Å². The minimum absolute atomic E-state index is 0.183. The second-order valence-corrected chi connectivity index (χ2v) is 5.86. The van der Waals surface area contributed by atoms with Crippen LogP contribution < -0.4 is 10.6 Å². The van der Waals surface area contributed by atoms with Crippen molar-refractivity contribution in [3.8, 4) is 0 Å². The van der Waals surface area contributed by atoms with Crippen LogP contribution in [-0.4, -0.2) is 35.0 Å². The number of alkyl halides is 3. The Morgan fingerprint density at radius 2 is 2.18 bits per heavy atom. The molecule has 1 aromatic rings. The van der Waals surface area contributed by atoms with Crippen molar-refractivity contribution in [2.45, 2.75) is 38.9 Å². The molecule has 22 heavy (non-hydrogen) atoms. The predicted molar refractivity (Wildman–Crippen MR) is 76.3 cm³/mol. The number of nitrogens with zero attached hydrogens (tertiary/aromatic N) is 2. The van der Waals surface area contributed by atoms with Crippen molar-refractivity contribution >= 4 is 11.6 Å². The first-order valence-corrected chi connectivity index (χ1v) is 7.43. The summed E-state index contributed by atoms with van der Waals surface area (Å²) in [5, 5.41) is 9.49. The Hall–Kier alpha value is -1.57. The maximum atomic E-state index is 12.2. The molecule has 1 saturated heterocycles. The summed E-state index contributed by atoms with van der Waals surface area (Å²) in [6.45, 7) is 2.83. The first-order chi connectivity index (χ1) is 10.3. The Morgan fingerprint density at radius 3 is 2.82 bits per heavy atom. The molecule has 0 aromatic carbocycles. The number of nitrogens with one attached hydrogen (secondary N) is 2. The Kier molecular flexibility index (Phi) is 5.44. The van der Waals surface area contributed by atoms with Crippen LogP contribution in [0.25, 0.3) is 0 Å². The molecule has 1 aliphatic rings. The molecule has 1 aliphatic heterocycles. The highest BCUT2D eigenvalue weighted by Gasteiger charge is 2.28. The van der Waals surface area contributed by atoms with E-state index in [2.05, 4.69) is 15.7 Å². The van der Waals surface area contributed by atoms with E-state index in [4.69, 9.17) is 0 Å². The molecule has 1 unspecified atom stereocenters. The predicted octanol–water partition coefficient (Wildman–Crippen LogP) is 2.41. The molecule has 5 nitrogen and oxygen atoms in total. The van der Waals surface area contributed by atoms with Crippen molar-refractivity contribution < 1.29 is 18.0 Å². The van der Waals surface area contributed by atoms with Crippen LogP contribution in [0.2, 0.25) is 0 Å². The van der Waals surface area contributed by atoms with Crippen LogP contribution in [0.4, 0.5) is 18.9 Å². The highest BCUT2D eigenvalue weighted by molar-refractivity contribution is 5.90. The number of amides is 1. The molecule has 1 amide bonds. The molecule has 0 radical (unpaired) electrons. The van der Waals surface area contributed by atoms with Gasteiger partial charge in [0.2, 0.25) is 5.91 Å². The standard InChI is InChI=1S/C14H21F3N4O/c1-10(11-2-4-18-5-3-11)6-13(22)20-12-7-19-21(8-12)9-14(15,16)17/h7-8,10-11,18H,2-6,9H2,1H3,(H,20,22). The molecule has 0 saturated carbocycles. The Labute approximate surface area is 127 Å². The lowest BCUT2D eigenvalue weighted by Gasteiger charge is -2.27. The second kappa shape index (κ2) is 7.13. The molecule has 8 heteroatoms. The van der Waals surface area contributed by atoms with Crippen LogP contribution in [-0.2, 0) is 11.3 Å². The highest BCUT2D eigenvalue weighted by atomic mass is 19.4. The summed E-state index contributed by atoms with van der Waals surface area (Å²) in [6, 6.07) is 0. The van der Waals surface area contributed by atoms with Crippen molar-refractivity contribution in [3.05, 3.63) is 12.4 Å². The molecule has 2 N–H and O–H groups in total. The average Bonchev–Trinajstić information content (AvgIpc) is 2.84. The van der Waals surface area contributed by atoms with Gasteiger partial charge in [-0.05, 0) is 37.8 Å². The third-order valence-corrected chi connectivity index (χ3v) is 3.95. The van der Waals surface area contributed by atoms with Crippen LogP contribution in [0.1, 0.15) is 26.2 Å². The fraction of sp³-hybridized carbons (Fsp3) is 0.714. The number of carbonyl (C=O) groups is 1. The molecule has 1 fully saturated rings. The lowest BCUT2D eigenvalue weighted by molar-refractivity contribution is -0.142.